The normalized spacial score (nSPS) is 11.6. The van der Waals surface area contributed by atoms with E-state index in [0.29, 0.717) is 5.82 Å². The Morgan fingerprint density at radius 3 is 2.27 bits per heavy atom. The van der Waals surface area contributed by atoms with Gasteiger partial charge in [-0.15, -0.1) is 0 Å². The Balaban J connectivity index is 3.33. The molecule has 1 heterocycles. The molecule has 1 N–H and O–H groups in total. The summed E-state index contributed by atoms with van der Waals surface area (Å²) in [4.78, 5) is 15.8. The van der Waals surface area contributed by atoms with Crippen LogP contribution in [0.3, 0.4) is 0 Å². The van der Waals surface area contributed by atoms with E-state index in [9.17, 15) is 4.79 Å². The molecule has 0 atom stereocenters. The van der Waals surface area contributed by atoms with Crippen LogP contribution in [0.2, 0.25) is 0 Å². The van der Waals surface area contributed by atoms with E-state index >= 15 is 0 Å². The summed E-state index contributed by atoms with van der Waals surface area (Å²) in [5.41, 5.74) is 2.02. The second-order valence-corrected chi connectivity index (χ2v) is 4.76. The predicted molar refractivity (Wildman–Crippen MR) is 60.0 cm³/mol. The standard InChI is InChI=1S/C11H19N3O/c1-7-8(11(2,3)4)14(6)9(13-7)10(15)12-5/h1-6H3,(H,12,15). The fourth-order valence-corrected chi connectivity index (χ4v) is 2.00. The summed E-state index contributed by atoms with van der Waals surface area (Å²) in [6, 6.07) is 0. The van der Waals surface area contributed by atoms with E-state index < -0.39 is 0 Å². The van der Waals surface area contributed by atoms with Crippen LogP contribution in [0.25, 0.3) is 0 Å². The molecule has 84 valence electrons. The van der Waals surface area contributed by atoms with Gasteiger partial charge >= 0.3 is 0 Å². The minimum absolute atomic E-state index is 0.00188. The Morgan fingerprint density at radius 2 is 1.93 bits per heavy atom. The van der Waals surface area contributed by atoms with E-state index in [1.807, 2.05) is 18.5 Å². The number of hydrogen-bond donors (Lipinski definition) is 1. The Hall–Kier alpha value is -1.32. The Kier molecular flexibility index (Phi) is 2.88. The summed E-state index contributed by atoms with van der Waals surface area (Å²) in [5, 5.41) is 2.59. The van der Waals surface area contributed by atoms with Gasteiger partial charge in [0.1, 0.15) is 0 Å². The van der Waals surface area contributed by atoms with Crippen LogP contribution < -0.4 is 5.32 Å². The van der Waals surface area contributed by atoms with Gasteiger partial charge in [0, 0.05) is 25.2 Å². The van der Waals surface area contributed by atoms with Crippen LogP contribution in [-0.2, 0) is 12.5 Å². The summed E-state index contributed by atoms with van der Waals surface area (Å²) in [6.07, 6.45) is 0. The average Bonchev–Trinajstić information content (AvgIpc) is 2.39. The third-order valence-electron chi connectivity index (χ3n) is 2.41. The van der Waals surface area contributed by atoms with Crippen molar-refractivity contribution in [1.29, 1.82) is 0 Å². The molecule has 0 saturated carbocycles. The van der Waals surface area contributed by atoms with Gasteiger partial charge in [0.05, 0.1) is 5.69 Å². The quantitative estimate of drug-likeness (QED) is 0.759. The third-order valence-corrected chi connectivity index (χ3v) is 2.41. The number of nitrogens with one attached hydrogen (secondary N) is 1. The van der Waals surface area contributed by atoms with Crippen LogP contribution in [0.4, 0.5) is 0 Å². The highest BCUT2D eigenvalue weighted by atomic mass is 16.2. The van der Waals surface area contributed by atoms with E-state index in [4.69, 9.17) is 0 Å². The van der Waals surface area contributed by atoms with Crippen molar-refractivity contribution < 1.29 is 4.79 Å². The van der Waals surface area contributed by atoms with Gasteiger partial charge in [-0.1, -0.05) is 20.8 Å². The molecule has 1 aromatic rings. The van der Waals surface area contributed by atoms with E-state index in [-0.39, 0.29) is 11.3 Å². The molecular weight excluding hydrogens is 190 g/mol. The molecule has 0 spiro atoms. The number of rotatable bonds is 1. The molecule has 4 nitrogen and oxygen atoms in total. The maximum absolute atomic E-state index is 11.5. The second-order valence-electron chi connectivity index (χ2n) is 4.76. The van der Waals surface area contributed by atoms with Gasteiger partial charge in [-0.2, -0.15) is 0 Å². The van der Waals surface area contributed by atoms with Gasteiger partial charge < -0.3 is 9.88 Å². The molecule has 0 aromatic carbocycles. The molecule has 1 rings (SSSR count). The maximum atomic E-state index is 11.5. The summed E-state index contributed by atoms with van der Waals surface area (Å²) in [5.74, 6) is 0.330. The molecule has 0 radical (unpaired) electrons. The molecule has 0 fully saturated rings. The Bertz CT molecular complexity index is 385. The first kappa shape index (κ1) is 11.8. The van der Waals surface area contributed by atoms with Crippen LogP contribution in [0.15, 0.2) is 0 Å². The average molecular weight is 209 g/mol. The van der Waals surface area contributed by atoms with Crippen LogP contribution in [0, 0.1) is 6.92 Å². The van der Waals surface area contributed by atoms with Crippen LogP contribution in [-0.4, -0.2) is 22.5 Å². The molecule has 4 heteroatoms. The number of nitrogens with zero attached hydrogens (tertiary/aromatic N) is 2. The molecule has 0 saturated heterocycles. The molecule has 0 aliphatic heterocycles. The minimum Gasteiger partial charge on any atom is -0.352 e. The zero-order valence-corrected chi connectivity index (χ0v) is 10.3. The SMILES string of the molecule is CNC(=O)c1nc(C)c(C(C)(C)C)n1C. The van der Waals surface area contributed by atoms with Gasteiger partial charge in [-0.05, 0) is 6.92 Å². The van der Waals surface area contributed by atoms with E-state index in [2.05, 4.69) is 31.1 Å². The van der Waals surface area contributed by atoms with Crippen molar-refractivity contribution in [1.82, 2.24) is 14.9 Å². The lowest BCUT2D eigenvalue weighted by atomic mass is 9.91. The van der Waals surface area contributed by atoms with Crippen molar-refractivity contribution in [2.75, 3.05) is 7.05 Å². The Morgan fingerprint density at radius 1 is 1.40 bits per heavy atom. The monoisotopic (exact) mass is 209 g/mol. The highest BCUT2D eigenvalue weighted by Gasteiger charge is 2.25. The van der Waals surface area contributed by atoms with Gasteiger partial charge in [0.25, 0.3) is 5.91 Å². The smallest absolute Gasteiger partial charge is 0.287 e. The molecule has 15 heavy (non-hydrogen) atoms. The molecule has 0 unspecified atom stereocenters. The van der Waals surface area contributed by atoms with Crippen molar-refractivity contribution in [2.45, 2.75) is 33.1 Å². The van der Waals surface area contributed by atoms with Gasteiger partial charge in [-0.25, -0.2) is 4.98 Å². The third kappa shape index (κ3) is 2.03. The Labute approximate surface area is 90.7 Å². The second kappa shape index (κ2) is 3.68. The zero-order valence-electron chi connectivity index (χ0n) is 10.3. The molecule has 1 aromatic heterocycles. The molecule has 0 aliphatic rings. The van der Waals surface area contributed by atoms with Gasteiger partial charge in [0.15, 0.2) is 5.82 Å². The topological polar surface area (TPSA) is 46.9 Å². The van der Waals surface area contributed by atoms with Crippen molar-refractivity contribution >= 4 is 5.91 Å². The molecule has 1 amide bonds. The lowest BCUT2D eigenvalue weighted by Crippen LogP contribution is -2.24. The first-order valence-electron chi connectivity index (χ1n) is 5.05. The fourth-order valence-electron chi connectivity index (χ4n) is 2.00. The summed E-state index contributed by atoms with van der Waals surface area (Å²) in [6.45, 7) is 8.28. The highest BCUT2D eigenvalue weighted by molar-refractivity contribution is 5.90. The first-order valence-corrected chi connectivity index (χ1v) is 5.05. The fraction of sp³-hybridized carbons (Fsp3) is 0.636. The number of imidazole rings is 1. The van der Waals surface area contributed by atoms with E-state index in [1.54, 1.807) is 7.05 Å². The number of aryl methyl sites for hydroxylation is 1. The lowest BCUT2D eigenvalue weighted by molar-refractivity contribution is 0.0949. The van der Waals surface area contributed by atoms with Crippen molar-refractivity contribution in [2.24, 2.45) is 7.05 Å². The van der Waals surface area contributed by atoms with Crippen LogP contribution >= 0.6 is 0 Å². The van der Waals surface area contributed by atoms with Gasteiger partial charge in [0.2, 0.25) is 0 Å². The van der Waals surface area contributed by atoms with Crippen LogP contribution in [0.5, 0.6) is 0 Å². The van der Waals surface area contributed by atoms with E-state index in [1.165, 1.54) is 0 Å². The predicted octanol–water partition coefficient (Wildman–Crippen LogP) is 1.39. The number of hydrogen-bond acceptors (Lipinski definition) is 2. The van der Waals surface area contributed by atoms with Crippen molar-refractivity contribution in [3.8, 4) is 0 Å². The molecule has 0 aliphatic carbocycles. The molecule has 0 bridgehead atoms. The summed E-state index contributed by atoms with van der Waals surface area (Å²) in [7, 11) is 3.49. The molecular formula is C11H19N3O. The number of carbonyl (C=O) groups is 1. The zero-order chi connectivity index (χ0) is 11.8. The van der Waals surface area contributed by atoms with Gasteiger partial charge in [-0.3, -0.25) is 4.79 Å². The van der Waals surface area contributed by atoms with Crippen molar-refractivity contribution in [3.05, 3.63) is 17.2 Å². The number of carbonyl (C=O) groups excluding carboxylic acids is 1. The minimum atomic E-state index is -0.143. The number of amides is 1. The maximum Gasteiger partial charge on any atom is 0.287 e. The number of aromatic nitrogens is 2. The largest absolute Gasteiger partial charge is 0.352 e. The summed E-state index contributed by atoms with van der Waals surface area (Å²) >= 11 is 0. The van der Waals surface area contributed by atoms with Crippen molar-refractivity contribution in [3.63, 3.8) is 0 Å². The first-order chi connectivity index (χ1) is 6.79. The lowest BCUT2D eigenvalue weighted by Gasteiger charge is -2.20. The van der Waals surface area contributed by atoms with Crippen LogP contribution in [0.1, 0.15) is 42.8 Å². The highest BCUT2D eigenvalue weighted by Crippen LogP contribution is 2.25. The van der Waals surface area contributed by atoms with E-state index in [0.717, 1.165) is 11.4 Å². The summed E-state index contributed by atoms with van der Waals surface area (Å²) < 4.78 is 1.87.